The summed E-state index contributed by atoms with van der Waals surface area (Å²) in [5.41, 5.74) is 3.28. The maximum absolute atomic E-state index is 13.8. The zero-order chi connectivity index (χ0) is 23.5. The quantitative estimate of drug-likeness (QED) is 0.319. The summed E-state index contributed by atoms with van der Waals surface area (Å²) in [5, 5.41) is 5.95. The highest BCUT2D eigenvalue weighted by Crippen LogP contribution is 2.24. The summed E-state index contributed by atoms with van der Waals surface area (Å²) in [6.07, 6.45) is 0. The van der Waals surface area contributed by atoms with E-state index in [1.54, 1.807) is 42.5 Å². The highest BCUT2D eigenvalue weighted by Gasteiger charge is 2.22. The monoisotopic (exact) mass is 528 g/mol. The number of aromatic nitrogens is 1. The fourth-order valence-electron chi connectivity index (χ4n) is 3.10. The number of fused-ring (bicyclic) bond motifs is 1. The molecule has 3 N–H and O–H groups in total. The second-order valence-electron chi connectivity index (χ2n) is 6.90. The molecule has 0 aliphatic rings. The third kappa shape index (κ3) is 5.05. The number of carbonyl (C=O) groups is 3. The van der Waals surface area contributed by atoms with Crippen LogP contribution in [-0.2, 0) is 9.59 Å². The van der Waals surface area contributed by atoms with E-state index < -0.39 is 23.5 Å². The molecule has 7 nitrogen and oxygen atoms in total. The molecule has 0 unspecified atom stereocenters. The van der Waals surface area contributed by atoms with E-state index >= 15 is 0 Å². The van der Waals surface area contributed by atoms with Crippen molar-refractivity contribution in [3.05, 3.63) is 93.8 Å². The molecule has 0 aliphatic carbocycles. The molecule has 0 aliphatic heterocycles. The maximum Gasteiger partial charge on any atom is 0.328 e. The topological polar surface area (TPSA) is 92.2 Å². The van der Waals surface area contributed by atoms with Crippen molar-refractivity contribution in [3.8, 4) is 0 Å². The normalized spacial score (nSPS) is 10.6. The Bertz CT molecular complexity index is 1390. The Balaban J connectivity index is 1.63. The second kappa shape index (κ2) is 9.43. The molecular weight excluding hydrogens is 515 g/mol. The number of nitrogens with zero attached hydrogens (tertiary/aromatic N) is 1. The summed E-state index contributed by atoms with van der Waals surface area (Å²) in [6.45, 7) is 0. The summed E-state index contributed by atoms with van der Waals surface area (Å²) >= 11 is 9.39. The number of amides is 3. The van der Waals surface area contributed by atoms with Crippen molar-refractivity contribution in [2.45, 2.75) is 0 Å². The lowest BCUT2D eigenvalue weighted by molar-refractivity contribution is -0.133. The standard InChI is InChI=1S/C23H15BrClFN4O3/c24-14-5-8-16(9-6-14)27-21(31)20-12-13-11-15(25)7-10-19(13)30(20)29-23(33)22(32)28-18-4-2-1-3-17(18)26/h1-12H,(H,27,31)(H,28,32)(H,29,33). The number of anilines is 2. The molecule has 1 aromatic heterocycles. The van der Waals surface area contributed by atoms with Crippen LogP contribution in [0.25, 0.3) is 10.9 Å². The summed E-state index contributed by atoms with van der Waals surface area (Å²) in [4.78, 5) is 37.9. The SMILES string of the molecule is O=C(Nc1ccccc1F)C(=O)Nn1c(C(=O)Nc2ccc(Br)cc2)cc2cc(Cl)ccc21. The molecule has 4 aromatic rings. The first-order chi connectivity index (χ1) is 15.8. The Labute approximate surface area is 200 Å². The third-order valence-electron chi connectivity index (χ3n) is 4.64. The van der Waals surface area contributed by atoms with Crippen molar-refractivity contribution in [2.75, 3.05) is 16.1 Å². The molecule has 0 fully saturated rings. The zero-order valence-corrected chi connectivity index (χ0v) is 19.1. The number of nitrogens with one attached hydrogen (secondary N) is 3. The lowest BCUT2D eigenvalue weighted by Gasteiger charge is -2.13. The van der Waals surface area contributed by atoms with Crippen LogP contribution in [0.3, 0.4) is 0 Å². The van der Waals surface area contributed by atoms with E-state index in [9.17, 15) is 18.8 Å². The number of para-hydroxylation sites is 1. The zero-order valence-electron chi connectivity index (χ0n) is 16.7. The molecule has 0 radical (unpaired) electrons. The molecule has 3 amide bonds. The summed E-state index contributed by atoms with van der Waals surface area (Å²) < 4.78 is 15.8. The van der Waals surface area contributed by atoms with E-state index in [0.29, 0.717) is 21.6 Å². The molecule has 10 heteroatoms. The summed E-state index contributed by atoms with van der Waals surface area (Å²) in [6, 6.07) is 18.7. The first-order valence-electron chi connectivity index (χ1n) is 9.56. The van der Waals surface area contributed by atoms with Crippen LogP contribution in [0, 0.1) is 5.82 Å². The van der Waals surface area contributed by atoms with Gasteiger partial charge in [-0.2, -0.15) is 0 Å². The Kier molecular flexibility index (Phi) is 6.43. The third-order valence-corrected chi connectivity index (χ3v) is 5.40. The average Bonchev–Trinajstić information content (AvgIpc) is 3.14. The van der Waals surface area contributed by atoms with Gasteiger partial charge >= 0.3 is 11.8 Å². The van der Waals surface area contributed by atoms with Gasteiger partial charge in [-0.15, -0.1) is 0 Å². The molecule has 3 aromatic carbocycles. The van der Waals surface area contributed by atoms with Crippen LogP contribution < -0.4 is 16.1 Å². The molecule has 0 atom stereocenters. The Morgan fingerprint density at radius 1 is 0.879 bits per heavy atom. The van der Waals surface area contributed by atoms with Gasteiger partial charge in [0.05, 0.1) is 11.2 Å². The minimum Gasteiger partial charge on any atom is -0.321 e. The molecule has 4 rings (SSSR count). The number of rotatable bonds is 4. The number of carbonyl (C=O) groups excluding carboxylic acids is 3. The van der Waals surface area contributed by atoms with Gasteiger partial charge in [-0.3, -0.25) is 19.8 Å². The minimum absolute atomic E-state index is 0.0576. The Hall–Kier alpha value is -3.69. The van der Waals surface area contributed by atoms with Crippen LogP contribution in [-0.4, -0.2) is 22.4 Å². The number of halogens is 3. The molecule has 0 saturated carbocycles. The fraction of sp³-hybridized carbons (Fsp3) is 0. The van der Waals surface area contributed by atoms with Gasteiger partial charge < -0.3 is 10.6 Å². The average molecular weight is 530 g/mol. The van der Waals surface area contributed by atoms with Crippen LogP contribution in [0.15, 0.2) is 77.3 Å². The molecule has 0 spiro atoms. The van der Waals surface area contributed by atoms with Crippen LogP contribution >= 0.6 is 27.5 Å². The number of benzene rings is 3. The highest BCUT2D eigenvalue weighted by molar-refractivity contribution is 9.10. The van der Waals surface area contributed by atoms with E-state index in [1.165, 1.54) is 28.9 Å². The van der Waals surface area contributed by atoms with Crippen molar-refractivity contribution >= 4 is 67.5 Å². The summed E-state index contributed by atoms with van der Waals surface area (Å²) in [7, 11) is 0. The fourth-order valence-corrected chi connectivity index (χ4v) is 3.54. The molecule has 1 heterocycles. The van der Waals surface area contributed by atoms with Crippen LogP contribution in [0.2, 0.25) is 5.02 Å². The molecule has 0 bridgehead atoms. The van der Waals surface area contributed by atoms with Crippen LogP contribution in [0.5, 0.6) is 0 Å². The van der Waals surface area contributed by atoms with Crippen molar-refractivity contribution < 1.29 is 18.8 Å². The smallest absolute Gasteiger partial charge is 0.321 e. The molecule has 33 heavy (non-hydrogen) atoms. The van der Waals surface area contributed by atoms with E-state index in [0.717, 1.165) is 10.5 Å². The largest absolute Gasteiger partial charge is 0.328 e. The first-order valence-corrected chi connectivity index (χ1v) is 10.7. The predicted octanol–water partition coefficient (Wildman–Crippen LogP) is 5.16. The van der Waals surface area contributed by atoms with Gasteiger partial charge in [-0.25, -0.2) is 9.07 Å². The lowest BCUT2D eigenvalue weighted by atomic mass is 10.2. The van der Waals surface area contributed by atoms with E-state index in [-0.39, 0.29) is 11.4 Å². The van der Waals surface area contributed by atoms with E-state index in [4.69, 9.17) is 11.6 Å². The first kappa shape index (κ1) is 22.5. The predicted molar refractivity (Wildman–Crippen MR) is 128 cm³/mol. The molecular formula is C23H15BrClFN4O3. The second-order valence-corrected chi connectivity index (χ2v) is 8.26. The summed E-state index contributed by atoms with van der Waals surface area (Å²) in [5.74, 6) is -3.41. The van der Waals surface area contributed by atoms with Crippen molar-refractivity contribution in [3.63, 3.8) is 0 Å². The van der Waals surface area contributed by atoms with Gasteiger partial charge in [0.1, 0.15) is 11.5 Å². The maximum atomic E-state index is 13.8. The minimum atomic E-state index is -1.10. The molecule has 166 valence electrons. The van der Waals surface area contributed by atoms with Gasteiger partial charge in [0.25, 0.3) is 5.91 Å². The number of hydrogen-bond acceptors (Lipinski definition) is 3. The van der Waals surface area contributed by atoms with Gasteiger partial charge in [-0.05, 0) is 60.7 Å². The van der Waals surface area contributed by atoms with Crippen molar-refractivity contribution in [1.29, 1.82) is 0 Å². The van der Waals surface area contributed by atoms with E-state index in [1.807, 2.05) is 0 Å². The molecule has 0 saturated heterocycles. The van der Waals surface area contributed by atoms with Crippen LogP contribution in [0.1, 0.15) is 10.5 Å². The van der Waals surface area contributed by atoms with Gasteiger partial charge in [0.15, 0.2) is 0 Å². The van der Waals surface area contributed by atoms with Gasteiger partial charge in [-0.1, -0.05) is 39.7 Å². The van der Waals surface area contributed by atoms with Crippen molar-refractivity contribution in [1.82, 2.24) is 4.68 Å². The highest BCUT2D eigenvalue weighted by atomic mass is 79.9. The number of hydrogen-bond donors (Lipinski definition) is 3. The van der Waals surface area contributed by atoms with Gasteiger partial charge in [0, 0.05) is 20.6 Å². The Morgan fingerprint density at radius 2 is 1.61 bits per heavy atom. The van der Waals surface area contributed by atoms with Crippen molar-refractivity contribution in [2.24, 2.45) is 0 Å². The lowest BCUT2D eigenvalue weighted by Crippen LogP contribution is -2.36. The Morgan fingerprint density at radius 3 is 2.33 bits per heavy atom. The van der Waals surface area contributed by atoms with Gasteiger partial charge in [0.2, 0.25) is 0 Å². The van der Waals surface area contributed by atoms with Crippen LogP contribution in [0.4, 0.5) is 15.8 Å². The van der Waals surface area contributed by atoms with E-state index in [2.05, 4.69) is 32.0 Å².